The van der Waals surface area contributed by atoms with Crippen molar-refractivity contribution in [3.8, 4) is 17.0 Å². The molecule has 6 nitrogen and oxygen atoms in total. The standard InChI is InChI=1S/C17H15N5O/c1-10-15(11(2)20-16(10)18-3)14-8-9-19-17(22-14)21-12-4-6-13(23)7-5-12/h4-9,20,23H,1-2H3,(H,19,21,22). The Morgan fingerprint density at radius 1 is 1.17 bits per heavy atom. The monoisotopic (exact) mass is 305 g/mol. The molecule has 0 radical (unpaired) electrons. The van der Waals surface area contributed by atoms with Gasteiger partial charge in [-0.3, -0.25) is 0 Å². The number of phenolic OH excluding ortho intramolecular Hbond substituents is 1. The van der Waals surface area contributed by atoms with Gasteiger partial charge in [0.05, 0.1) is 11.4 Å². The third-order valence-electron chi connectivity index (χ3n) is 3.56. The topological polar surface area (TPSA) is 78.2 Å². The van der Waals surface area contributed by atoms with Crippen LogP contribution < -0.4 is 5.32 Å². The molecule has 0 saturated carbocycles. The van der Waals surface area contributed by atoms with Gasteiger partial charge < -0.3 is 20.3 Å². The number of rotatable bonds is 3. The first-order valence-corrected chi connectivity index (χ1v) is 7.04. The quantitative estimate of drug-likeness (QED) is 0.503. The molecule has 0 aliphatic rings. The molecule has 0 fully saturated rings. The number of aromatic nitrogens is 3. The van der Waals surface area contributed by atoms with Crippen LogP contribution in [0.2, 0.25) is 0 Å². The first-order valence-electron chi connectivity index (χ1n) is 7.04. The zero-order chi connectivity index (χ0) is 16.4. The second kappa shape index (κ2) is 5.81. The van der Waals surface area contributed by atoms with Crippen molar-refractivity contribution in [3.63, 3.8) is 0 Å². The normalized spacial score (nSPS) is 10.3. The van der Waals surface area contributed by atoms with Crippen molar-refractivity contribution in [1.29, 1.82) is 0 Å². The van der Waals surface area contributed by atoms with Gasteiger partial charge in [0, 0.05) is 17.4 Å². The van der Waals surface area contributed by atoms with Crippen LogP contribution in [0.15, 0.2) is 36.5 Å². The van der Waals surface area contributed by atoms with Gasteiger partial charge in [-0.15, -0.1) is 0 Å². The lowest BCUT2D eigenvalue weighted by molar-refractivity contribution is 0.475. The van der Waals surface area contributed by atoms with Crippen LogP contribution in [-0.2, 0) is 0 Å². The Balaban J connectivity index is 1.96. The molecule has 0 atom stereocenters. The molecule has 0 saturated heterocycles. The first kappa shape index (κ1) is 14.6. The molecule has 0 aliphatic carbocycles. The third kappa shape index (κ3) is 2.85. The lowest BCUT2D eigenvalue weighted by Gasteiger charge is -2.07. The molecule has 3 aromatic rings. The molecule has 2 heterocycles. The zero-order valence-corrected chi connectivity index (χ0v) is 12.8. The van der Waals surface area contributed by atoms with Crippen LogP contribution in [0.25, 0.3) is 16.1 Å². The van der Waals surface area contributed by atoms with Crippen molar-refractivity contribution in [3.05, 3.63) is 59.2 Å². The summed E-state index contributed by atoms with van der Waals surface area (Å²) in [5, 5.41) is 12.4. The Bertz CT molecular complexity index is 890. The molecule has 114 valence electrons. The highest BCUT2D eigenvalue weighted by molar-refractivity contribution is 5.74. The number of hydrogen-bond acceptors (Lipinski definition) is 4. The number of aromatic amines is 1. The lowest BCUT2D eigenvalue weighted by atomic mass is 10.1. The Labute approximate surface area is 133 Å². The summed E-state index contributed by atoms with van der Waals surface area (Å²) < 4.78 is 0. The number of nitrogens with one attached hydrogen (secondary N) is 2. The lowest BCUT2D eigenvalue weighted by Crippen LogP contribution is -1.98. The van der Waals surface area contributed by atoms with E-state index in [1.807, 2.05) is 19.9 Å². The van der Waals surface area contributed by atoms with E-state index in [-0.39, 0.29) is 5.75 Å². The van der Waals surface area contributed by atoms with Crippen LogP contribution in [0, 0.1) is 20.4 Å². The van der Waals surface area contributed by atoms with E-state index in [2.05, 4.69) is 25.1 Å². The van der Waals surface area contributed by atoms with Crippen molar-refractivity contribution >= 4 is 17.5 Å². The number of H-pyrrole nitrogens is 1. The maximum atomic E-state index is 9.32. The summed E-state index contributed by atoms with van der Waals surface area (Å²) in [6.45, 7) is 11.0. The van der Waals surface area contributed by atoms with Crippen LogP contribution >= 0.6 is 0 Å². The van der Waals surface area contributed by atoms with E-state index < -0.39 is 0 Å². The van der Waals surface area contributed by atoms with E-state index in [9.17, 15) is 5.11 Å². The van der Waals surface area contributed by atoms with Crippen LogP contribution in [0.5, 0.6) is 5.75 Å². The molecule has 0 unspecified atom stereocenters. The van der Waals surface area contributed by atoms with Crippen molar-refractivity contribution in [2.75, 3.05) is 5.32 Å². The van der Waals surface area contributed by atoms with Gasteiger partial charge in [0.15, 0.2) is 0 Å². The number of aromatic hydroxyl groups is 1. The number of hydrogen-bond donors (Lipinski definition) is 3. The highest BCUT2D eigenvalue weighted by atomic mass is 16.3. The Morgan fingerprint density at radius 3 is 2.57 bits per heavy atom. The summed E-state index contributed by atoms with van der Waals surface area (Å²) in [7, 11) is 0. The molecule has 2 aromatic heterocycles. The molecule has 6 heteroatoms. The minimum absolute atomic E-state index is 0.204. The van der Waals surface area contributed by atoms with E-state index in [0.29, 0.717) is 11.8 Å². The van der Waals surface area contributed by atoms with Gasteiger partial charge in [0.2, 0.25) is 11.8 Å². The van der Waals surface area contributed by atoms with Crippen LogP contribution in [0.4, 0.5) is 17.5 Å². The van der Waals surface area contributed by atoms with E-state index in [0.717, 1.165) is 28.2 Å². The molecule has 0 amide bonds. The minimum atomic E-state index is 0.204. The average molecular weight is 305 g/mol. The van der Waals surface area contributed by atoms with E-state index in [1.54, 1.807) is 30.5 Å². The molecule has 23 heavy (non-hydrogen) atoms. The molecule has 3 N–H and O–H groups in total. The van der Waals surface area contributed by atoms with Crippen molar-refractivity contribution in [2.45, 2.75) is 13.8 Å². The predicted molar refractivity (Wildman–Crippen MR) is 88.9 cm³/mol. The maximum Gasteiger partial charge on any atom is 0.231 e. The Morgan fingerprint density at radius 2 is 1.91 bits per heavy atom. The van der Waals surface area contributed by atoms with Crippen LogP contribution in [0.3, 0.4) is 0 Å². The second-order valence-corrected chi connectivity index (χ2v) is 5.15. The fourth-order valence-electron chi connectivity index (χ4n) is 2.46. The largest absolute Gasteiger partial charge is 0.508 e. The Hall–Kier alpha value is -3.33. The molecular weight excluding hydrogens is 290 g/mol. The van der Waals surface area contributed by atoms with Gasteiger partial charge in [-0.05, 0) is 49.7 Å². The van der Waals surface area contributed by atoms with Gasteiger partial charge in [-0.2, -0.15) is 0 Å². The second-order valence-electron chi connectivity index (χ2n) is 5.15. The average Bonchev–Trinajstić information content (AvgIpc) is 2.84. The number of benzene rings is 1. The summed E-state index contributed by atoms with van der Waals surface area (Å²) in [5.41, 5.74) is 4.24. The summed E-state index contributed by atoms with van der Waals surface area (Å²) in [5.74, 6) is 1.19. The molecular formula is C17H15N5O. The first-order chi connectivity index (χ1) is 11.1. The van der Waals surface area contributed by atoms with E-state index >= 15 is 0 Å². The van der Waals surface area contributed by atoms with Crippen LogP contribution in [-0.4, -0.2) is 20.1 Å². The molecule has 1 aromatic carbocycles. The maximum absolute atomic E-state index is 9.32. The van der Waals surface area contributed by atoms with E-state index in [1.165, 1.54) is 0 Å². The van der Waals surface area contributed by atoms with Gasteiger partial charge in [-0.25, -0.2) is 9.97 Å². The number of nitrogens with zero attached hydrogens (tertiary/aromatic N) is 3. The number of aryl methyl sites for hydroxylation is 1. The predicted octanol–water partition coefficient (Wildman–Crippen LogP) is 4.09. The highest BCUT2D eigenvalue weighted by Gasteiger charge is 2.15. The van der Waals surface area contributed by atoms with Gasteiger partial charge in [-0.1, -0.05) is 6.57 Å². The molecule has 0 aliphatic heterocycles. The Kier molecular flexibility index (Phi) is 3.69. The van der Waals surface area contributed by atoms with Gasteiger partial charge >= 0.3 is 0 Å². The molecule has 3 rings (SSSR count). The van der Waals surface area contributed by atoms with E-state index in [4.69, 9.17) is 6.57 Å². The van der Waals surface area contributed by atoms with Crippen molar-refractivity contribution in [1.82, 2.24) is 15.0 Å². The summed E-state index contributed by atoms with van der Waals surface area (Å²) in [6, 6.07) is 8.49. The van der Waals surface area contributed by atoms with Crippen LogP contribution in [0.1, 0.15) is 11.3 Å². The fourth-order valence-corrected chi connectivity index (χ4v) is 2.46. The van der Waals surface area contributed by atoms with Crippen molar-refractivity contribution in [2.24, 2.45) is 0 Å². The molecule has 0 bridgehead atoms. The van der Waals surface area contributed by atoms with Gasteiger partial charge in [0.1, 0.15) is 5.75 Å². The zero-order valence-electron chi connectivity index (χ0n) is 12.8. The summed E-state index contributed by atoms with van der Waals surface area (Å²) in [6.07, 6.45) is 1.68. The third-order valence-corrected chi connectivity index (χ3v) is 3.56. The number of phenols is 1. The summed E-state index contributed by atoms with van der Waals surface area (Å²) in [4.78, 5) is 15.3. The smallest absolute Gasteiger partial charge is 0.231 e. The van der Waals surface area contributed by atoms with Gasteiger partial charge in [0.25, 0.3) is 0 Å². The SMILES string of the molecule is [C-]#[N+]c1[nH]c(C)c(-c2ccnc(Nc3ccc(O)cc3)n2)c1C. The number of anilines is 2. The fraction of sp³-hybridized carbons (Fsp3) is 0.118. The minimum Gasteiger partial charge on any atom is -0.508 e. The summed E-state index contributed by atoms with van der Waals surface area (Å²) >= 11 is 0. The van der Waals surface area contributed by atoms with Crippen molar-refractivity contribution < 1.29 is 5.11 Å². The molecule has 0 spiro atoms. The highest BCUT2D eigenvalue weighted by Crippen LogP contribution is 2.32.